The van der Waals surface area contributed by atoms with Crippen molar-refractivity contribution in [3.05, 3.63) is 139 Å². The van der Waals surface area contributed by atoms with Gasteiger partial charge in [0.1, 0.15) is 0 Å². The van der Waals surface area contributed by atoms with E-state index in [0.29, 0.717) is 27.1 Å². The standard InChI is InChI=1S/C32H27N3O3S/c1-3-38-31(37)28-21(2)33-32-35(29(28)23-14-8-5-9-15-23)30(36)27(39-32)19-25-18-24-16-10-11-17-26(24)34(25)20-22-12-6-4-7-13-22/h4-19,29H,3,20H2,1-2H3/b27-19+. The zero-order chi connectivity index (χ0) is 26.9. The highest BCUT2D eigenvalue weighted by atomic mass is 32.1. The van der Waals surface area contributed by atoms with Crippen LogP contribution in [0, 0.1) is 0 Å². The predicted molar refractivity (Wildman–Crippen MR) is 154 cm³/mol. The Balaban J connectivity index is 1.55. The van der Waals surface area contributed by atoms with Gasteiger partial charge in [-0.25, -0.2) is 9.79 Å². The minimum absolute atomic E-state index is 0.182. The molecule has 194 valence electrons. The number of carbonyl (C=O) groups is 1. The number of hydrogen-bond acceptors (Lipinski definition) is 5. The van der Waals surface area contributed by atoms with Gasteiger partial charge in [-0.15, -0.1) is 0 Å². The Kier molecular flexibility index (Phi) is 6.59. The first-order valence-corrected chi connectivity index (χ1v) is 13.7. The van der Waals surface area contributed by atoms with Gasteiger partial charge in [0.15, 0.2) is 4.80 Å². The van der Waals surface area contributed by atoms with Gasteiger partial charge in [-0.1, -0.05) is 90.2 Å². The van der Waals surface area contributed by atoms with Gasteiger partial charge in [0.2, 0.25) is 0 Å². The van der Waals surface area contributed by atoms with Gasteiger partial charge in [0, 0.05) is 23.1 Å². The summed E-state index contributed by atoms with van der Waals surface area (Å²) in [7, 11) is 0. The number of aromatic nitrogens is 2. The third kappa shape index (κ3) is 4.55. The fourth-order valence-electron chi connectivity index (χ4n) is 5.17. The number of benzene rings is 3. The SMILES string of the molecule is CCOC(=O)C1=C(C)N=c2s/c(=C/c3cc4ccccc4n3Cc3ccccc3)c(=O)n2C1c1ccccc1. The summed E-state index contributed by atoms with van der Waals surface area (Å²) in [5.41, 5.74) is 4.81. The van der Waals surface area contributed by atoms with Crippen molar-refractivity contribution in [1.82, 2.24) is 9.13 Å². The van der Waals surface area contributed by atoms with E-state index in [4.69, 9.17) is 9.73 Å². The van der Waals surface area contributed by atoms with Gasteiger partial charge in [-0.3, -0.25) is 9.36 Å². The number of thiazole rings is 1. The molecule has 5 aromatic rings. The van der Waals surface area contributed by atoms with Crippen LogP contribution >= 0.6 is 11.3 Å². The van der Waals surface area contributed by atoms with Gasteiger partial charge in [0.05, 0.1) is 28.5 Å². The quantitative estimate of drug-likeness (QED) is 0.295. The second-order valence-corrected chi connectivity index (χ2v) is 10.4. The summed E-state index contributed by atoms with van der Waals surface area (Å²) in [5, 5.41) is 1.11. The lowest BCUT2D eigenvalue weighted by molar-refractivity contribution is -0.139. The molecule has 1 aliphatic rings. The van der Waals surface area contributed by atoms with Crippen LogP contribution in [0.5, 0.6) is 0 Å². The third-order valence-corrected chi connectivity index (χ3v) is 7.92. The molecule has 0 aliphatic carbocycles. The van der Waals surface area contributed by atoms with Crippen LogP contribution in [-0.2, 0) is 16.1 Å². The molecule has 0 fully saturated rings. The summed E-state index contributed by atoms with van der Waals surface area (Å²) >= 11 is 1.34. The van der Waals surface area contributed by atoms with E-state index in [1.807, 2.05) is 66.7 Å². The maximum Gasteiger partial charge on any atom is 0.338 e. The minimum Gasteiger partial charge on any atom is -0.463 e. The van der Waals surface area contributed by atoms with E-state index in [2.05, 4.69) is 34.9 Å². The number of fused-ring (bicyclic) bond motifs is 2. The molecule has 3 aromatic carbocycles. The van der Waals surface area contributed by atoms with E-state index in [9.17, 15) is 9.59 Å². The topological polar surface area (TPSA) is 65.6 Å². The summed E-state index contributed by atoms with van der Waals surface area (Å²) < 4.78 is 9.81. The summed E-state index contributed by atoms with van der Waals surface area (Å²) in [6.07, 6.45) is 1.94. The van der Waals surface area contributed by atoms with Crippen LogP contribution in [0.3, 0.4) is 0 Å². The Morgan fingerprint density at radius 3 is 2.44 bits per heavy atom. The Bertz CT molecular complexity index is 1900. The molecule has 1 atom stereocenters. The van der Waals surface area contributed by atoms with E-state index in [1.54, 1.807) is 18.4 Å². The Morgan fingerprint density at radius 2 is 1.69 bits per heavy atom. The molecule has 0 bridgehead atoms. The highest BCUT2D eigenvalue weighted by molar-refractivity contribution is 7.07. The molecule has 0 spiro atoms. The van der Waals surface area contributed by atoms with E-state index in [1.165, 1.54) is 16.9 Å². The number of allylic oxidation sites excluding steroid dienone is 1. The Hall–Kier alpha value is -4.49. The molecule has 1 aliphatic heterocycles. The molecule has 0 radical (unpaired) electrons. The predicted octanol–water partition coefficient (Wildman–Crippen LogP) is 4.80. The Morgan fingerprint density at radius 1 is 1.00 bits per heavy atom. The van der Waals surface area contributed by atoms with Crippen molar-refractivity contribution >= 4 is 34.3 Å². The molecular weight excluding hydrogens is 506 g/mol. The normalized spacial score (nSPS) is 15.3. The Labute approximate surface area is 229 Å². The fourth-order valence-corrected chi connectivity index (χ4v) is 6.20. The molecule has 0 N–H and O–H groups in total. The van der Waals surface area contributed by atoms with Gasteiger partial charge in [-0.05, 0) is 43.2 Å². The summed E-state index contributed by atoms with van der Waals surface area (Å²) in [5.74, 6) is -0.454. The van der Waals surface area contributed by atoms with E-state index in [-0.39, 0.29) is 12.2 Å². The lowest BCUT2D eigenvalue weighted by Gasteiger charge is -2.24. The monoisotopic (exact) mass is 533 g/mol. The van der Waals surface area contributed by atoms with Crippen molar-refractivity contribution in [1.29, 1.82) is 0 Å². The maximum absolute atomic E-state index is 14.0. The summed E-state index contributed by atoms with van der Waals surface area (Å²) in [4.78, 5) is 32.3. The average molecular weight is 534 g/mol. The average Bonchev–Trinajstić information content (AvgIpc) is 3.45. The molecule has 7 heteroatoms. The van der Waals surface area contributed by atoms with Crippen LogP contribution in [0.25, 0.3) is 17.0 Å². The molecule has 39 heavy (non-hydrogen) atoms. The largest absolute Gasteiger partial charge is 0.463 e. The number of para-hydroxylation sites is 1. The molecule has 6 nitrogen and oxygen atoms in total. The van der Waals surface area contributed by atoms with E-state index in [0.717, 1.165) is 22.2 Å². The molecular formula is C32H27N3O3S. The number of hydrogen-bond donors (Lipinski definition) is 0. The molecule has 2 aromatic heterocycles. The van der Waals surface area contributed by atoms with Crippen LogP contribution in [0.15, 0.2) is 112 Å². The van der Waals surface area contributed by atoms with Crippen LogP contribution in [0.2, 0.25) is 0 Å². The molecule has 6 rings (SSSR count). The first kappa shape index (κ1) is 24.8. The molecule has 3 heterocycles. The molecule has 0 saturated heterocycles. The van der Waals surface area contributed by atoms with Crippen LogP contribution in [0.4, 0.5) is 0 Å². The second-order valence-electron chi connectivity index (χ2n) is 9.41. The third-order valence-electron chi connectivity index (χ3n) is 6.94. The van der Waals surface area contributed by atoms with E-state index < -0.39 is 12.0 Å². The van der Waals surface area contributed by atoms with Crippen LogP contribution in [0.1, 0.15) is 36.7 Å². The second kappa shape index (κ2) is 10.3. The van der Waals surface area contributed by atoms with Gasteiger partial charge in [0.25, 0.3) is 5.56 Å². The highest BCUT2D eigenvalue weighted by Crippen LogP contribution is 2.30. The molecule has 0 saturated carbocycles. The number of ether oxygens (including phenoxy) is 1. The zero-order valence-electron chi connectivity index (χ0n) is 21.7. The zero-order valence-corrected chi connectivity index (χ0v) is 22.5. The van der Waals surface area contributed by atoms with Crippen molar-refractivity contribution in [3.8, 4) is 0 Å². The van der Waals surface area contributed by atoms with Gasteiger partial charge in [-0.2, -0.15) is 0 Å². The highest BCUT2D eigenvalue weighted by Gasteiger charge is 2.33. The summed E-state index contributed by atoms with van der Waals surface area (Å²) in [6.45, 7) is 4.50. The van der Waals surface area contributed by atoms with E-state index >= 15 is 0 Å². The van der Waals surface area contributed by atoms with Crippen molar-refractivity contribution in [2.45, 2.75) is 26.4 Å². The van der Waals surface area contributed by atoms with Crippen LogP contribution in [-0.4, -0.2) is 21.7 Å². The van der Waals surface area contributed by atoms with Gasteiger partial charge >= 0.3 is 5.97 Å². The van der Waals surface area contributed by atoms with Crippen molar-refractivity contribution in [2.75, 3.05) is 6.61 Å². The fraction of sp³-hybridized carbons (Fsp3) is 0.156. The van der Waals surface area contributed by atoms with Gasteiger partial charge < -0.3 is 9.30 Å². The lowest BCUT2D eigenvalue weighted by atomic mass is 9.96. The smallest absolute Gasteiger partial charge is 0.338 e. The number of rotatable bonds is 6. The number of nitrogens with zero attached hydrogens (tertiary/aromatic N) is 3. The number of esters is 1. The first-order chi connectivity index (χ1) is 19.0. The van der Waals surface area contributed by atoms with Crippen molar-refractivity contribution in [2.24, 2.45) is 4.99 Å². The maximum atomic E-state index is 14.0. The first-order valence-electron chi connectivity index (χ1n) is 12.9. The minimum atomic E-state index is -0.612. The summed E-state index contributed by atoms with van der Waals surface area (Å²) in [6, 6.07) is 29.6. The number of carbonyl (C=O) groups excluding carboxylic acids is 1. The molecule has 0 amide bonds. The molecule has 1 unspecified atom stereocenters. The van der Waals surface area contributed by atoms with Crippen molar-refractivity contribution in [3.63, 3.8) is 0 Å². The van der Waals surface area contributed by atoms with Crippen molar-refractivity contribution < 1.29 is 9.53 Å². The van der Waals surface area contributed by atoms with Crippen LogP contribution < -0.4 is 14.9 Å². The lowest BCUT2D eigenvalue weighted by Crippen LogP contribution is -2.40.